The second-order valence-electron chi connectivity index (χ2n) is 5.16. The van der Waals surface area contributed by atoms with Crippen LogP contribution >= 0.6 is 0 Å². The fraction of sp³-hybridized carbons (Fsp3) is 0.500. The van der Waals surface area contributed by atoms with Crippen LogP contribution < -0.4 is 16.0 Å². The summed E-state index contributed by atoms with van der Waals surface area (Å²) in [4.78, 5) is 23.3. The Bertz CT molecular complexity index is 457. The molecular formula is C16H25N3O2. The molecule has 0 saturated carbocycles. The van der Waals surface area contributed by atoms with Gasteiger partial charge in [0, 0.05) is 24.7 Å². The SMILES string of the molecule is CCC(C)NCC(=O)NCCNC(=O)c1ccc(C)cc1. The van der Waals surface area contributed by atoms with Crippen LogP contribution in [0.3, 0.4) is 0 Å². The van der Waals surface area contributed by atoms with E-state index in [4.69, 9.17) is 0 Å². The zero-order valence-electron chi connectivity index (χ0n) is 13.0. The summed E-state index contributed by atoms with van der Waals surface area (Å²) >= 11 is 0. The first-order valence-electron chi connectivity index (χ1n) is 7.38. The normalized spacial score (nSPS) is 11.8. The standard InChI is InChI=1S/C16H25N3O2/c1-4-13(3)19-11-15(20)17-9-10-18-16(21)14-7-5-12(2)6-8-14/h5-8,13,19H,4,9-11H2,1-3H3,(H,17,20)(H,18,21). The van der Waals surface area contributed by atoms with E-state index < -0.39 is 0 Å². The molecule has 0 aliphatic rings. The van der Waals surface area contributed by atoms with E-state index in [2.05, 4.69) is 22.9 Å². The topological polar surface area (TPSA) is 70.2 Å². The number of carbonyl (C=O) groups excluding carboxylic acids is 2. The fourth-order valence-corrected chi connectivity index (χ4v) is 1.66. The number of benzene rings is 1. The predicted molar refractivity (Wildman–Crippen MR) is 84.3 cm³/mol. The van der Waals surface area contributed by atoms with Crippen molar-refractivity contribution in [1.82, 2.24) is 16.0 Å². The molecule has 0 radical (unpaired) electrons. The highest BCUT2D eigenvalue weighted by atomic mass is 16.2. The lowest BCUT2D eigenvalue weighted by atomic mass is 10.1. The average Bonchev–Trinajstić information content (AvgIpc) is 2.49. The van der Waals surface area contributed by atoms with E-state index in [9.17, 15) is 9.59 Å². The van der Waals surface area contributed by atoms with Gasteiger partial charge in [-0.2, -0.15) is 0 Å². The van der Waals surface area contributed by atoms with Gasteiger partial charge >= 0.3 is 0 Å². The molecule has 21 heavy (non-hydrogen) atoms. The Morgan fingerprint density at radius 3 is 2.33 bits per heavy atom. The van der Waals surface area contributed by atoms with Crippen LogP contribution in [0.1, 0.15) is 36.2 Å². The second-order valence-corrected chi connectivity index (χ2v) is 5.16. The zero-order chi connectivity index (χ0) is 15.7. The summed E-state index contributed by atoms with van der Waals surface area (Å²) in [5, 5.41) is 8.65. The molecule has 1 rings (SSSR count). The zero-order valence-corrected chi connectivity index (χ0v) is 13.0. The second kappa shape index (κ2) is 9.13. The molecule has 1 atom stereocenters. The van der Waals surface area contributed by atoms with Crippen LogP contribution in [0.2, 0.25) is 0 Å². The molecule has 0 spiro atoms. The van der Waals surface area contributed by atoms with Gasteiger partial charge in [-0.25, -0.2) is 0 Å². The Balaban J connectivity index is 2.17. The van der Waals surface area contributed by atoms with Crippen molar-refractivity contribution in [3.63, 3.8) is 0 Å². The summed E-state index contributed by atoms with van der Waals surface area (Å²) in [6.07, 6.45) is 0.986. The number of amides is 2. The fourth-order valence-electron chi connectivity index (χ4n) is 1.66. The Kier molecular flexibility index (Phi) is 7.46. The molecule has 0 fully saturated rings. The lowest BCUT2D eigenvalue weighted by molar-refractivity contribution is -0.120. The van der Waals surface area contributed by atoms with Crippen molar-refractivity contribution in [2.24, 2.45) is 0 Å². The van der Waals surface area contributed by atoms with Gasteiger partial charge in [-0.3, -0.25) is 9.59 Å². The lowest BCUT2D eigenvalue weighted by Gasteiger charge is -2.11. The first-order chi connectivity index (χ1) is 10.0. The minimum atomic E-state index is -0.123. The molecule has 2 amide bonds. The quantitative estimate of drug-likeness (QED) is 0.631. The van der Waals surface area contributed by atoms with Crippen molar-refractivity contribution >= 4 is 11.8 Å². The van der Waals surface area contributed by atoms with Gasteiger partial charge in [0.15, 0.2) is 0 Å². The van der Waals surface area contributed by atoms with E-state index in [1.807, 2.05) is 26.0 Å². The summed E-state index contributed by atoms with van der Waals surface area (Å²) in [6, 6.07) is 7.71. The molecule has 0 aromatic heterocycles. The van der Waals surface area contributed by atoms with Crippen molar-refractivity contribution in [2.75, 3.05) is 19.6 Å². The van der Waals surface area contributed by atoms with Crippen LogP contribution in [0.4, 0.5) is 0 Å². The van der Waals surface area contributed by atoms with E-state index >= 15 is 0 Å². The first-order valence-corrected chi connectivity index (χ1v) is 7.38. The molecule has 116 valence electrons. The molecule has 0 heterocycles. The van der Waals surface area contributed by atoms with Gasteiger partial charge < -0.3 is 16.0 Å². The van der Waals surface area contributed by atoms with Crippen LogP contribution in [-0.2, 0) is 4.79 Å². The van der Waals surface area contributed by atoms with E-state index in [0.717, 1.165) is 12.0 Å². The summed E-state index contributed by atoms with van der Waals surface area (Å²) in [5.41, 5.74) is 1.75. The number of aryl methyl sites for hydroxylation is 1. The van der Waals surface area contributed by atoms with Crippen molar-refractivity contribution in [2.45, 2.75) is 33.2 Å². The molecular weight excluding hydrogens is 266 g/mol. The van der Waals surface area contributed by atoms with E-state index in [-0.39, 0.29) is 11.8 Å². The van der Waals surface area contributed by atoms with Gasteiger partial charge in [0.25, 0.3) is 5.91 Å². The first kappa shape index (κ1) is 17.2. The minimum absolute atomic E-state index is 0.0557. The Hall–Kier alpha value is -1.88. The Labute approximate surface area is 126 Å². The molecule has 5 heteroatoms. The number of nitrogens with one attached hydrogen (secondary N) is 3. The smallest absolute Gasteiger partial charge is 0.251 e. The monoisotopic (exact) mass is 291 g/mol. The highest BCUT2D eigenvalue weighted by Gasteiger charge is 2.05. The molecule has 3 N–H and O–H groups in total. The van der Waals surface area contributed by atoms with Gasteiger partial charge in [0.1, 0.15) is 0 Å². The number of rotatable bonds is 8. The highest BCUT2D eigenvalue weighted by molar-refractivity contribution is 5.94. The van der Waals surface area contributed by atoms with Gasteiger partial charge in [0.05, 0.1) is 6.54 Å². The van der Waals surface area contributed by atoms with Gasteiger partial charge in [0.2, 0.25) is 5.91 Å². The Morgan fingerprint density at radius 2 is 1.71 bits per heavy atom. The third kappa shape index (κ3) is 6.90. The predicted octanol–water partition coefficient (Wildman–Crippen LogP) is 1.23. The molecule has 1 unspecified atom stereocenters. The van der Waals surface area contributed by atoms with Crippen LogP contribution in [-0.4, -0.2) is 37.5 Å². The average molecular weight is 291 g/mol. The third-order valence-corrected chi connectivity index (χ3v) is 3.27. The Morgan fingerprint density at radius 1 is 1.10 bits per heavy atom. The van der Waals surface area contributed by atoms with Crippen molar-refractivity contribution < 1.29 is 9.59 Å². The van der Waals surface area contributed by atoms with Crippen LogP contribution in [0.5, 0.6) is 0 Å². The molecule has 1 aromatic rings. The number of hydrogen-bond acceptors (Lipinski definition) is 3. The molecule has 0 bridgehead atoms. The summed E-state index contributed by atoms with van der Waals surface area (Å²) in [7, 11) is 0. The van der Waals surface area contributed by atoms with E-state index in [1.54, 1.807) is 12.1 Å². The largest absolute Gasteiger partial charge is 0.353 e. The van der Waals surface area contributed by atoms with E-state index in [1.165, 1.54) is 0 Å². The number of carbonyl (C=O) groups is 2. The molecule has 0 aliphatic heterocycles. The van der Waals surface area contributed by atoms with Crippen molar-refractivity contribution in [3.8, 4) is 0 Å². The minimum Gasteiger partial charge on any atom is -0.353 e. The van der Waals surface area contributed by atoms with Crippen molar-refractivity contribution in [1.29, 1.82) is 0 Å². The third-order valence-electron chi connectivity index (χ3n) is 3.27. The summed E-state index contributed by atoms with van der Waals surface area (Å²) in [6.45, 7) is 7.23. The summed E-state index contributed by atoms with van der Waals surface area (Å²) < 4.78 is 0. The lowest BCUT2D eigenvalue weighted by Crippen LogP contribution is -2.40. The van der Waals surface area contributed by atoms with Gasteiger partial charge in [-0.1, -0.05) is 24.6 Å². The van der Waals surface area contributed by atoms with Crippen LogP contribution in [0, 0.1) is 6.92 Å². The maximum Gasteiger partial charge on any atom is 0.251 e. The van der Waals surface area contributed by atoms with Gasteiger partial charge in [-0.15, -0.1) is 0 Å². The maximum absolute atomic E-state index is 11.8. The van der Waals surface area contributed by atoms with Crippen LogP contribution in [0.25, 0.3) is 0 Å². The molecule has 0 saturated heterocycles. The van der Waals surface area contributed by atoms with Crippen LogP contribution in [0.15, 0.2) is 24.3 Å². The molecule has 5 nitrogen and oxygen atoms in total. The number of hydrogen-bond donors (Lipinski definition) is 3. The van der Waals surface area contributed by atoms with Crippen molar-refractivity contribution in [3.05, 3.63) is 35.4 Å². The molecule has 0 aliphatic carbocycles. The molecule has 1 aromatic carbocycles. The maximum atomic E-state index is 11.8. The highest BCUT2D eigenvalue weighted by Crippen LogP contribution is 2.02. The summed E-state index contributed by atoms with van der Waals surface area (Å²) in [5.74, 6) is -0.179. The van der Waals surface area contributed by atoms with Gasteiger partial charge in [-0.05, 0) is 32.4 Å². The van der Waals surface area contributed by atoms with E-state index in [0.29, 0.717) is 31.2 Å².